The monoisotopic (exact) mass is 243 g/mol. The largest absolute Gasteiger partial charge is 0.496 e. The van der Waals surface area contributed by atoms with Crippen LogP contribution in [0.4, 0.5) is 5.82 Å². The molecule has 0 aliphatic heterocycles. The molecule has 0 saturated heterocycles. The first-order valence-electron chi connectivity index (χ1n) is 6.19. The van der Waals surface area contributed by atoms with E-state index < -0.39 is 0 Å². The molecule has 4 nitrogen and oxygen atoms in total. The minimum absolute atomic E-state index is 0.717. The lowest BCUT2D eigenvalue weighted by atomic mass is 9.98. The van der Waals surface area contributed by atoms with Gasteiger partial charge >= 0.3 is 0 Å². The number of methoxy groups -OCH3 is 1. The van der Waals surface area contributed by atoms with Crippen molar-refractivity contribution in [2.24, 2.45) is 7.05 Å². The van der Waals surface area contributed by atoms with Crippen molar-refractivity contribution in [2.45, 2.75) is 19.3 Å². The zero-order valence-corrected chi connectivity index (χ0v) is 10.7. The molecule has 94 valence electrons. The number of nitrogens with zero attached hydrogens (tertiary/aromatic N) is 2. The van der Waals surface area contributed by atoms with Gasteiger partial charge in [0.15, 0.2) is 0 Å². The summed E-state index contributed by atoms with van der Waals surface area (Å²) < 4.78 is 7.14. The van der Waals surface area contributed by atoms with Crippen molar-refractivity contribution in [1.29, 1.82) is 0 Å². The van der Waals surface area contributed by atoms with E-state index in [1.54, 1.807) is 11.8 Å². The Morgan fingerprint density at radius 2 is 2.00 bits per heavy atom. The highest BCUT2D eigenvalue weighted by atomic mass is 16.5. The molecular formula is C14H17N3O. The van der Waals surface area contributed by atoms with E-state index in [0.717, 1.165) is 24.2 Å². The van der Waals surface area contributed by atoms with Crippen molar-refractivity contribution in [2.75, 3.05) is 12.8 Å². The van der Waals surface area contributed by atoms with E-state index in [4.69, 9.17) is 10.5 Å². The molecule has 3 rings (SSSR count). The Morgan fingerprint density at radius 3 is 2.67 bits per heavy atom. The third-order valence-corrected chi connectivity index (χ3v) is 3.74. The Hall–Kier alpha value is -1.97. The van der Waals surface area contributed by atoms with E-state index in [0.29, 0.717) is 5.82 Å². The molecule has 0 atom stereocenters. The van der Waals surface area contributed by atoms with Gasteiger partial charge in [-0.3, -0.25) is 4.68 Å². The molecule has 1 heterocycles. The number of anilines is 1. The number of aryl methyl sites for hydroxylation is 1. The van der Waals surface area contributed by atoms with Gasteiger partial charge in [0.2, 0.25) is 0 Å². The topological polar surface area (TPSA) is 53.1 Å². The van der Waals surface area contributed by atoms with Crippen LogP contribution < -0.4 is 10.5 Å². The van der Waals surface area contributed by atoms with Crippen LogP contribution in [-0.2, 0) is 19.9 Å². The number of rotatable bonds is 2. The third-order valence-electron chi connectivity index (χ3n) is 3.74. The SMILES string of the molecule is COc1ccc(-c2cnn(C)c2N)c2c1CCC2. The molecule has 0 bridgehead atoms. The maximum absolute atomic E-state index is 6.07. The summed E-state index contributed by atoms with van der Waals surface area (Å²) >= 11 is 0. The smallest absolute Gasteiger partial charge is 0.129 e. The summed E-state index contributed by atoms with van der Waals surface area (Å²) in [5.41, 5.74) is 11.0. The maximum atomic E-state index is 6.07. The lowest BCUT2D eigenvalue weighted by Crippen LogP contribution is -1.99. The predicted molar refractivity (Wildman–Crippen MR) is 71.6 cm³/mol. The minimum atomic E-state index is 0.717. The number of aromatic nitrogens is 2. The van der Waals surface area contributed by atoms with Gasteiger partial charge < -0.3 is 10.5 Å². The van der Waals surface area contributed by atoms with Gasteiger partial charge in [0.1, 0.15) is 11.6 Å². The quantitative estimate of drug-likeness (QED) is 0.879. The third kappa shape index (κ3) is 1.49. The van der Waals surface area contributed by atoms with Gasteiger partial charge in [-0.2, -0.15) is 5.10 Å². The average molecular weight is 243 g/mol. The number of nitrogen functional groups attached to an aromatic ring is 1. The van der Waals surface area contributed by atoms with Gasteiger partial charge in [0, 0.05) is 12.6 Å². The first kappa shape index (κ1) is 11.1. The summed E-state index contributed by atoms with van der Waals surface area (Å²) in [7, 11) is 3.59. The van der Waals surface area contributed by atoms with Crippen LogP contribution >= 0.6 is 0 Å². The maximum Gasteiger partial charge on any atom is 0.129 e. The summed E-state index contributed by atoms with van der Waals surface area (Å²) in [5.74, 6) is 1.71. The van der Waals surface area contributed by atoms with Crippen LogP contribution in [0.25, 0.3) is 11.1 Å². The first-order chi connectivity index (χ1) is 8.72. The molecule has 2 aromatic rings. The number of hydrogen-bond donors (Lipinski definition) is 1. The summed E-state index contributed by atoms with van der Waals surface area (Å²) in [6.45, 7) is 0. The zero-order valence-electron chi connectivity index (χ0n) is 10.7. The van der Waals surface area contributed by atoms with Crippen molar-refractivity contribution in [3.05, 3.63) is 29.5 Å². The second kappa shape index (κ2) is 4.05. The van der Waals surface area contributed by atoms with Crippen molar-refractivity contribution < 1.29 is 4.74 Å². The molecule has 0 spiro atoms. The minimum Gasteiger partial charge on any atom is -0.496 e. The van der Waals surface area contributed by atoms with Crippen molar-refractivity contribution in [3.8, 4) is 16.9 Å². The van der Waals surface area contributed by atoms with Crippen LogP contribution in [-0.4, -0.2) is 16.9 Å². The van der Waals surface area contributed by atoms with Gasteiger partial charge in [-0.05, 0) is 42.0 Å². The Balaban J connectivity index is 2.20. The summed E-state index contributed by atoms with van der Waals surface area (Å²) in [4.78, 5) is 0. The Morgan fingerprint density at radius 1 is 1.22 bits per heavy atom. The number of fused-ring (bicyclic) bond motifs is 1. The molecule has 4 heteroatoms. The number of nitrogens with two attached hydrogens (primary N) is 1. The highest BCUT2D eigenvalue weighted by Gasteiger charge is 2.21. The Bertz CT molecular complexity index is 601. The molecule has 0 fully saturated rings. The zero-order chi connectivity index (χ0) is 12.7. The van der Waals surface area contributed by atoms with Crippen LogP contribution in [0.3, 0.4) is 0 Å². The molecular weight excluding hydrogens is 226 g/mol. The number of ether oxygens (including phenoxy) is 1. The lowest BCUT2D eigenvalue weighted by Gasteiger charge is -2.12. The molecule has 18 heavy (non-hydrogen) atoms. The van der Waals surface area contributed by atoms with Crippen LogP contribution in [0, 0.1) is 0 Å². The van der Waals surface area contributed by atoms with Gasteiger partial charge in [0.05, 0.1) is 13.3 Å². The van der Waals surface area contributed by atoms with E-state index in [1.807, 2.05) is 19.3 Å². The lowest BCUT2D eigenvalue weighted by molar-refractivity contribution is 0.410. The van der Waals surface area contributed by atoms with E-state index in [-0.39, 0.29) is 0 Å². The second-order valence-corrected chi connectivity index (χ2v) is 4.69. The van der Waals surface area contributed by atoms with Crippen molar-refractivity contribution in [1.82, 2.24) is 9.78 Å². The van der Waals surface area contributed by atoms with E-state index in [1.165, 1.54) is 23.1 Å². The van der Waals surface area contributed by atoms with Crippen LogP contribution in [0.5, 0.6) is 5.75 Å². The molecule has 0 saturated carbocycles. The fraction of sp³-hybridized carbons (Fsp3) is 0.357. The predicted octanol–water partition coefficient (Wildman–Crippen LogP) is 2.17. The molecule has 2 N–H and O–H groups in total. The molecule has 0 unspecified atom stereocenters. The molecule has 1 aliphatic carbocycles. The molecule has 0 radical (unpaired) electrons. The van der Waals surface area contributed by atoms with Crippen molar-refractivity contribution in [3.63, 3.8) is 0 Å². The van der Waals surface area contributed by atoms with Crippen molar-refractivity contribution >= 4 is 5.82 Å². The molecule has 1 aromatic heterocycles. The van der Waals surface area contributed by atoms with Gasteiger partial charge in [-0.25, -0.2) is 0 Å². The van der Waals surface area contributed by atoms with Crippen LogP contribution in [0.1, 0.15) is 17.5 Å². The van der Waals surface area contributed by atoms with E-state index >= 15 is 0 Å². The van der Waals surface area contributed by atoms with E-state index in [2.05, 4.69) is 11.2 Å². The summed E-state index contributed by atoms with van der Waals surface area (Å²) in [6.07, 6.45) is 5.21. The van der Waals surface area contributed by atoms with Gasteiger partial charge in [-0.15, -0.1) is 0 Å². The van der Waals surface area contributed by atoms with Gasteiger partial charge in [-0.1, -0.05) is 6.07 Å². The fourth-order valence-electron chi connectivity index (χ4n) is 2.77. The highest BCUT2D eigenvalue weighted by molar-refractivity contribution is 5.78. The summed E-state index contributed by atoms with van der Waals surface area (Å²) in [6, 6.07) is 4.13. The highest BCUT2D eigenvalue weighted by Crippen LogP contribution is 2.39. The normalized spacial score (nSPS) is 13.7. The van der Waals surface area contributed by atoms with E-state index in [9.17, 15) is 0 Å². The fourth-order valence-corrected chi connectivity index (χ4v) is 2.77. The molecule has 0 amide bonds. The molecule has 1 aromatic carbocycles. The average Bonchev–Trinajstić information content (AvgIpc) is 2.98. The second-order valence-electron chi connectivity index (χ2n) is 4.69. The Labute approximate surface area is 106 Å². The summed E-state index contributed by atoms with van der Waals surface area (Å²) in [5, 5.41) is 4.22. The number of benzene rings is 1. The van der Waals surface area contributed by atoms with Crippen LogP contribution in [0.15, 0.2) is 18.3 Å². The molecule has 1 aliphatic rings. The standard InChI is InChI=1S/C14H17N3O/c1-17-14(15)12(8-16-17)10-6-7-13(18-2)11-5-3-4-9(10)11/h6-8H,3-5,15H2,1-2H3. The first-order valence-corrected chi connectivity index (χ1v) is 6.19. The van der Waals surface area contributed by atoms with Crippen LogP contribution in [0.2, 0.25) is 0 Å². The van der Waals surface area contributed by atoms with Gasteiger partial charge in [0.25, 0.3) is 0 Å². The Kier molecular flexibility index (Phi) is 2.51. The number of hydrogen-bond acceptors (Lipinski definition) is 3.